The van der Waals surface area contributed by atoms with Gasteiger partial charge in [0.25, 0.3) is 0 Å². The fourth-order valence-electron chi connectivity index (χ4n) is 3.51. The van der Waals surface area contributed by atoms with Crippen LogP contribution in [0, 0.1) is 0 Å². The van der Waals surface area contributed by atoms with Crippen LogP contribution in [0.5, 0.6) is 0 Å². The summed E-state index contributed by atoms with van der Waals surface area (Å²) in [5.41, 5.74) is 3.24. The van der Waals surface area contributed by atoms with Crippen LogP contribution in [0.4, 0.5) is 0 Å². The number of carbonyl (C=O) groups is 2. The zero-order chi connectivity index (χ0) is 19.0. The third-order valence-corrected chi connectivity index (χ3v) is 5.21. The molecule has 27 heavy (non-hydrogen) atoms. The summed E-state index contributed by atoms with van der Waals surface area (Å²) in [6.45, 7) is 1.91. The van der Waals surface area contributed by atoms with E-state index in [0.29, 0.717) is 17.8 Å². The average Bonchev–Trinajstić information content (AvgIpc) is 3.36. The maximum Gasteiger partial charge on any atom is 0.360 e. The van der Waals surface area contributed by atoms with Crippen molar-refractivity contribution in [2.24, 2.45) is 0 Å². The average molecular weight is 362 g/mol. The molecule has 1 heterocycles. The molecule has 1 fully saturated rings. The van der Waals surface area contributed by atoms with Crippen LogP contribution in [0.15, 0.2) is 53.1 Å². The Morgan fingerprint density at radius 1 is 1.00 bits per heavy atom. The van der Waals surface area contributed by atoms with Crippen molar-refractivity contribution in [1.29, 1.82) is 0 Å². The van der Waals surface area contributed by atoms with E-state index < -0.39 is 5.97 Å². The van der Waals surface area contributed by atoms with Crippen LogP contribution in [-0.2, 0) is 10.2 Å². The van der Waals surface area contributed by atoms with Crippen LogP contribution in [0.3, 0.4) is 0 Å². The fraction of sp³-hybridized carbons (Fsp3) is 0.238. The lowest BCUT2D eigenvalue weighted by molar-refractivity contribution is -0.121. The molecule has 0 aliphatic heterocycles. The quantitative estimate of drug-likeness (QED) is 0.709. The first kappa shape index (κ1) is 17.1. The van der Waals surface area contributed by atoms with Gasteiger partial charge in [-0.1, -0.05) is 55.5 Å². The molecular formula is C21H18N2O4. The van der Waals surface area contributed by atoms with E-state index in [1.807, 2.05) is 43.3 Å². The number of carboxylic acids is 1. The Balaban J connectivity index is 1.59. The molecule has 3 aromatic rings. The van der Waals surface area contributed by atoms with E-state index in [1.54, 1.807) is 12.1 Å². The van der Waals surface area contributed by atoms with E-state index in [2.05, 4.69) is 10.4 Å². The van der Waals surface area contributed by atoms with Gasteiger partial charge in [-0.3, -0.25) is 4.79 Å². The van der Waals surface area contributed by atoms with Crippen molar-refractivity contribution in [3.8, 4) is 22.5 Å². The van der Waals surface area contributed by atoms with E-state index in [4.69, 9.17) is 9.63 Å². The summed E-state index contributed by atoms with van der Waals surface area (Å²) in [5.74, 6) is -0.728. The SMILES string of the molecule is CCC(=O)C1(c2ccc(-c3ccc(-c4onnc4C(=O)O)cc3)cc2)CC1. The van der Waals surface area contributed by atoms with Crippen LogP contribution in [0.25, 0.3) is 22.5 Å². The third-order valence-electron chi connectivity index (χ3n) is 5.21. The summed E-state index contributed by atoms with van der Waals surface area (Å²) in [5, 5.41) is 15.9. The van der Waals surface area contributed by atoms with Crippen LogP contribution < -0.4 is 0 Å². The maximum atomic E-state index is 12.2. The number of hydrogen-bond donors (Lipinski definition) is 1. The molecule has 0 unspecified atom stereocenters. The van der Waals surface area contributed by atoms with Crippen molar-refractivity contribution in [2.75, 3.05) is 0 Å². The second kappa shape index (κ2) is 6.46. The van der Waals surface area contributed by atoms with Crippen molar-refractivity contribution in [3.05, 3.63) is 59.8 Å². The molecular weight excluding hydrogens is 344 g/mol. The normalized spacial score (nSPS) is 14.7. The second-order valence-electron chi connectivity index (χ2n) is 6.77. The standard InChI is InChI=1S/C21H18N2O4/c1-2-17(24)21(11-12-21)16-9-7-14(8-10-16)13-3-5-15(6-4-13)19-18(20(25)26)22-23-27-19/h3-10H,2,11-12H2,1H3,(H,25,26). The molecule has 136 valence electrons. The number of carbonyl (C=O) groups excluding carboxylic acids is 1. The molecule has 0 radical (unpaired) electrons. The van der Waals surface area contributed by atoms with Gasteiger partial charge in [0, 0.05) is 17.3 Å². The number of aromatic carboxylic acids is 1. The predicted molar refractivity (Wildman–Crippen MR) is 98.3 cm³/mol. The Bertz CT molecular complexity index is 999. The number of carboxylic acid groups (broad SMARTS) is 1. The number of hydrogen-bond acceptors (Lipinski definition) is 5. The molecule has 1 N–H and O–H groups in total. The number of aromatic nitrogens is 2. The second-order valence-corrected chi connectivity index (χ2v) is 6.77. The molecule has 0 spiro atoms. The van der Waals surface area contributed by atoms with Gasteiger partial charge in [0.1, 0.15) is 5.78 Å². The van der Waals surface area contributed by atoms with Gasteiger partial charge in [0.15, 0.2) is 0 Å². The third kappa shape index (κ3) is 2.93. The zero-order valence-electron chi connectivity index (χ0n) is 14.8. The molecule has 1 aliphatic carbocycles. The highest BCUT2D eigenvalue weighted by Gasteiger charge is 2.49. The summed E-state index contributed by atoms with van der Waals surface area (Å²) in [4.78, 5) is 23.4. The lowest BCUT2D eigenvalue weighted by Crippen LogP contribution is -2.19. The molecule has 0 atom stereocenters. The molecule has 1 saturated carbocycles. The van der Waals surface area contributed by atoms with Gasteiger partial charge in [-0.2, -0.15) is 0 Å². The highest BCUT2D eigenvalue weighted by molar-refractivity contribution is 5.93. The smallest absolute Gasteiger partial charge is 0.360 e. The van der Waals surface area contributed by atoms with Crippen molar-refractivity contribution >= 4 is 11.8 Å². The molecule has 6 nitrogen and oxygen atoms in total. The molecule has 0 saturated heterocycles. The summed E-state index contributed by atoms with van der Waals surface area (Å²) >= 11 is 0. The molecule has 4 rings (SSSR count). The first-order valence-electron chi connectivity index (χ1n) is 8.85. The number of benzene rings is 2. The van der Waals surface area contributed by atoms with Gasteiger partial charge < -0.3 is 9.63 Å². The number of rotatable bonds is 6. The predicted octanol–water partition coefficient (Wildman–Crippen LogP) is 4.11. The fourth-order valence-corrected chi connectivity index (χ4v) is 3.51. The van der Waals surface area contributed by atoms with Crippen LogP contribution in [0.1, 0.15) is 42.2 Å². The Morgan fingerprint density at radius 3 is 2.07 bits per heavy atom. The number of ketones is 1. The highest BCUT2D eigenvalue weighted by Crippen LogP contribution is 2.49. The topological polar surface area (TPSA) is 93.3 Å². The van der Waals surface area contributed by atoms with E-state index in [9.17, 15) is 9.59 Å². The maximum absolute atomic E-state index is 12.2. The Morgan fingerprint density at radius 2 is 1.56 bits per heavy atom. The minimum Gasteiger partial charge on any atom is -0.476 e. The van der Waals surface area contributed by atoms with E-state index in [-0.39, 0.29) is 16.9 Å². The summed E-state index contributed by atoms with van der Waals surface area (Å²) in [6.07, 6.45) is 2.44. The lowest BCUT2D eigenvalue weighted by atomic mass is 9.89. The minimum atomic E-state index is -1.18. The van der Waals surface area contributed by atoms with Crippen molar-refractivity contribution < 1.29 is 19.2 Å². The monoisotopic (exact) mass is 362 g/mol. The van der Waals surface area contributed by atoms with Gasteiger partial charge in [0.05, 0.1) is 5.41 Å². The molecule has 0 bridgehead atoms. The van der Waals surface area contributed by atoms with E-state index in [0.717, 1.165) is 29.5 Å². The van der Waals surface area contributed by atoms with Crippen LogP contribution in [0.2, 0.25) is 0 Å². The largest absolute Gasteiger partial charge is 0.476 e. The summed E-state index contributed by atoms with van der Waals surface area (Å²) in [7, 11) is 0. The van der Waals surface area contributed by atoms with Gasteiger partial charge >= 0.3 is 5.97 Å². The Labute approximate surface area is 155 Å². The lowest BCUT2D eigenvalue weighted by Gasteiger charge is -2.14. The number of nitrogens with zero attached hydrogens (tertiary/aromatic N) is 2. The molecule has 2 aromatic carbocycles. The Kier molecular flexibility index (Phi) is 4.11. The van der Waals surface area contributed by atoms with E-state index >= 15 is 0 Å². The first-order valence-corrected chi connectivity index (χ1v) is 8.85. The van der Waals surface area contributed by atoms with Gasteiger partial charge in [-0.05, 0) is 29.5 Å². The van der Waals surface area contributed by atoms with Crippen molar-refractivity contribution in [2.45, 2.75) is 31.6 Å². The van der Waals surface area contributed by atoms with E-state index in [1.165, 1.54) is 0 Å². The molecule has 6 heteroatoms. The van der Waals surface area contributed by atoms with Gasteiger partial charge in [0.2, 0.25) is 11.5 Å². The Hall–Kier alpha value is -3.28. The molecule has 1 aliphatic rings. The first-order chi connectivity index (χ1) is 13.0. The van der Waals surface area contributed by atoms with Gasteiger partial charge in [-0.25, -0.2) is 4.79 Å². The number of Topliss-reactive ketones (excluding diaryl/α,β-unsaturated/α-hetero) is 1. The van der Waals surface area contributed by atoms with Gasteiger partial charge in [-0.15, -0.1) is 5.10 Å². The highest BCUT2D eigenvalue weighted by atomic mass is 16.5. The van der Waals surface area contributed by atoms with Crippen molar-refractivity contribution in [1.82, 2.24) is 10.4 Å². The van der Waals surface area contributed by atoms with Crippen LogP contribution in [-0.4, -0.2) is 27.2 Å². The summed E-state index contributed by atoms with van der Waals surface area (Å²) in [6, 6.07) is 15.4. The van der Waals surface area contributed by atoms with Crippen LogP contribution >= 0.6 is 0 Å². The van der Waals surface area contributed by atoms with Crippen molar-refractivity contribution in [3.63, 3.8) is 0 Å². The molecule has 1 aromatic heterocycles. The molecule has 0 amide bonds. The zero-order valence-corrected chi connectivity index (χ0v) is 14.8. The summed E-state index contributed by atoms with van der Waals surface area (Å²) < 4.78 is 4.98. The minimum absolute atomic E-state index is 0.137.